The molecule has 4 heteroatoms. The lowest BCUT2D eigenvalue weighted by molar-refractivity contribution is -0.123. The van der Waals surface area contributed by atoms with Crippen molar-refractivity contribution in [1.82, 2.24) is 5.32 Å². The van der Waals surface area contributed by atoms with Gasteiger partial charge in [-0.1, -0.05) is 43.3 Å². The van der Waals surface area contributed by atoms with Gasteiger partial charge in [0.1, 0.15) is 0 Å². The Morgan fingerprint density at radius 1 is 1.25 bits per heavy atom. The molecule has 1 aromatic heterocycles. The number of nitrogens with two attached hydrogens (primary N) is 1. The summed E-state index contributed by atoms with van der Waals surface area (Å²) in [4.78, 5) is 13.4. The molecular weight excluding hydrogens is 268 g/mol. The first-order valence-electron chi connectivity index (χ1n) is 6.84. The highest BCUT2D eigenvalue weighted by Gasteiger charge is 2.19. The van der Waals surface area contributed by atoms with Crippen molar-refractivity contribution in [2.75, 3.05) is 0 Å². The summed E-state index contributed by atoms with van der Waals surface area (Å²) in [6.07, 6.45) is 1.43. The van der Waals surface area contributed by atoms with E-state index in [1.807, 2.05) is 47.8 Å². The Balaban J connectivity index is 1.93. The van der Waals surface area contributed by atoms with Crippen molar-refractivity contribution in [2.24, 2.45) is 5.73 Å². The fourth-order valence-corrected chi connectivity index (χ4v) is 2.96. The normalized spacial score (nSPS) is 13.7. The van der Waals surface area contributed by atoms with E-state index in [1.165, 1.54) is 4.88 Å². The van der Waals surface area contributed by atoms with E-state index in [-0.39, 0.29) is 11.9 Å². The molecule has 3 nitrogen and oxygen atoms in total. The van der Waals surface area contributed by atoms with Crippen molar-refractivity contribution in [3.63, 3.8) is 0 Å². The summed E-state index contributed by atoms with van der Waals surface area (Å²) in [5.41, 5.74) is 7.08. The van der Waals surface area contributed by atoms with Crippen molar-refractivity contribution >= 4 is 17.2 Å². The van der Waals surface area contributed by atoms with Gasteiger partial charge in [-0.15, -0.1) is 11.3 Å². The molecule has 0 fully saturated rings. The molecule has 106 valence electrons. The summed E-state index contributed by atoms with van der Waals surface area (Å²) in [6, 6.07) is 13.4. The van der Waals surface area contributed by atoms with Crippen LogP contribution in [0.3, 0.4) is 0 Å². The molecule has 0 bridgehead atoms. The molecule has 0 saturated carbocycles. The molecule has 0 aliphatic heterocycles. The van der Waals surface area contributed by atoms with Crippen LogP contribution in [0.4, 0.5) is 0 Å². The van der Waals surface area contributed by atoms with Gasteiger partial charge in [0.25, 0.3) is 0 Å². The number of benzene rings is 1. The second-order valence-electron chi connectivity index (χ2n) is 4.78. The molecule has 0 aliphatic rings. The second-order valence-corrected chi connectivity index (χ2v) is 5.76. The van der Waals surface area contributed by atoms with Gasteiger partial charge in [0.15, 0.2) is 0 Å². The molecule has 2 atom stereocenters. The fraction of sp³-hybridized carbons (Fsp3) is 0.312. The quantitative estimate of drug-likeness (QED) is 0.858. The third kappa shape index (κ3) is 3.92. The van der Waals surface area contributed by atoms with Crippen LogP contribution in [-0.4, -0.2) is 11.9 Å². The predicted octanol–water partition coefficient (Wildman–Crippen LogP) is 2.89. The standard InChI is InChI=1S/C16H20N2OS/c1-2-14(15-9-6-10-20-15)18-16(19)13(17)11-12-7-4-3-5-8-12/h3-10,13-14H,2,11,17H2,1H3,(H,18,19). The average Bonchev–Trinajstić information content (AvgIpc) is 2.99. The fourth-order valence-electron chi connectivity index (χ4n) is 2.10. The van der Waals surface area contributed by atoms with E-state index in [1.54, 1.807) is 11.3 Å². The molecule has 2 aromatic rings. The molecule has 0 spiro atoms. The van der Waals surface area contributed by atoms with E-state index in [4.69, 9.17) is 5.73 Å². The first-order valence-corrected chi connectivity index (χ1v) is 7.72. The summed E-state index contributed by atoms with van der Waals surface area (Å²) < 4.78 is 0. The molecule has 0 radical (unpaired) electrons. The highest BCUT2D eigenvalue weighted by Crippen LogP contribution is 2.21. The molecule has 20 heavy (non-hydrogen) atoms. The van der Waals surface area contributed by atoms with Gasteiger partial charge >= 0.3 is 0 Å². The van der Waals surface area contributed by atoms with Gasteiger partial charge in [-0.25, -0.2) is 0 Å². The molecule has 0 saturated heterocycles. The Morgan fingerprint density at radius 3 is 2.60 bits per heavy atom. The monoisotopic (exact) mass is 288 g/mol. The van der Waals surface area contributed by atoms with Crippen LogP contribution >= 0.6 is 11.3 Å². The van der Waals surface area contributed by atoms with Gasteiger partial charge in [0, 0.05) is 4.88 Å². The van der Waals surface area contributed by atoms with Gasteiger partial charge < -0.3 is 11.1 Å². The van der Waals surface area contributed by atoms with Crippen LogP contribution in [-0.2, 0) is 11.2 Å². The molecule has 1 aromatic carbocycles. The smallest absolute Gasteiger partial charge is 0.237 e. The van der Waals surface area contributed by atoms with E-state index in [9.17, 15) is 4.79 Å². The third-order valence-electron chi connectivity index (χ3n) is 3.25. The highest BCUT2D eigenvalue weighted by atomic mass is 32.1. The number of carbonyl (C=O) groups excluding carboxylic acids is 1. The Morgan fingerprint density at radius 2 is 2.00 bits per heavy atom. The Bertz CT molecular complexity index is 525. The zero-order chi connectivity index (χ0) is 14.4. The number of hydrogen-bond acceptors (Lipinski definition) is 3. The van der Waals surface area contributed by atoms with Gasteiger partial charge in [-0.05, 0) is 29.9 Å². The van der Waals surface area contributed by atoms with Gasteiger partial charge in [0.05, 0.1) is 12.1 Å². The van der Waals surface area contributed by atoms with Crippen LogP contribution in [0.1, 0.15) is 29.8 Å². The lowest BCUT2D eigenvalue weighted by Crippen LogP contribution is -2.43. The number of carbonyl (C=O) groups is 1. The topological polar surface area (TPSA) is 55.1 Å². The number of hydrogen-bond donors (Lipinski definition) is 2. The highest BCUT2D eigenvalue weighted by molar-refractivity contribution is 7.10. The van der Waals surface area contributed by atoms with Crippen molar-refractivity contribution in [3.8, 4) is 0 Å². The molecule has 1 amide bonds. The first kappa shape index (κ1) is 14.8. The molecule has 1 heterocycles. The van der Waals surface area contributed by atoms with E-state index in [0.29, 0.717) is 6.42 Å². The summed E-state index contributed by atoms with van der Waals surface area (Å²) in [5.74, 6) is -0.0888. The lowest BCUT2D eigenvalue weighted by Gasteiger charge is -2.19. The molecular formula is C16H20N2OS. The molecule has 3 N–H and O–H groups in total. The minimum Gasteiger partial charge on any atom is -0.347 e. The summed E-state index contributed by atoms with van der Waals surface area (Å²) >= 11 is 1.66. The minimum absolute atomic E-state index is 0.0596. The first-order chi connectivity index (χ1) is 9.70. The average molecular weight is 288 g/mol. The molecule has 2 unspecified atom stereocenters. The van der Waals surface area contributed by atoms with Crippen LogP contribution in [0.25, 0.3) is 0 Å². The SMILES string of the molecule is CCC(NC(=O)C(N)Cc1ccccc1)c1cccs1. The zero-order valence-corrected chi connectivity index (χ0v) is 12.4. The maximum Gasteiger partial charge on any atom is 0.237 e. The van der Waals surface area contributed by atoms with Crippen molar-refractivity contribution < 1.29 is 4.79 Å². The van der Waals surface area contributed by atoms with Crippen LogP contribution in [0.2, 0.25) is 0 Å². The number of thiophene rings is 1. The van der Waals surface area contributed by atoms with Crippen LogP contribution < -0.4 is 11.1 Å². The second kappa shape index (κ2) is 7.22. The minimum atomic E-state index is -0.508. The van der Waals surface area contributed by atoms with E-state index < -0.39 is 6.04 Å². The largest absolute Gasteiger partial charge is 0.347 e. The molecule has 0 aliphatic carbocycles. The zero-order valence-electron chi connectivity index (χ0n) is 11.6. The summed E-state index contributed by atoms with van der Waals surface area (Å²) in [5, 5.41) is 5.06. The summed E-state index contributed by atoms with van der Waals surface area (Å²) in [7, 11) is 0. The van der Waals surface area contributed by atoms with Crippen LogP contribution in [0.5, 0.6) is 0 Å². The van der Waals surface area contributed by atoms with Gasteiger partial charge in [0.2, 0.25) is 5.91 Å². The van der Waals surface area contributed by atoms with Crippen LogP contribution in [0, 0.1) is 0 Å². The number of nitrogens with one attached hydrogen (secondary N) is 1. The predicted molar refractivity (Wildman–Crippen MR) is 83.6 cm³/mol. The Kier molecular flexibility index (Phi) is 5.32. The Labute approximate surface area is 123 Å². The number of amides is 1. The van der Waals surface area contributed by atoms with Gasteiger partial charge in [-0.2, -0.15) is 0 Å². The van der Waals surface area contributed by atoms with Crippen molar-refractivity contribution in [2.45, 2.75) is 31.8 Å². The van der Waals surface area contributed by atoms with E-state index in [0.717, 1.165) is 12.0 Å². The van der Waals surface area contributed by atoms with Crippen molar-refractivity contribution in [3.05, 3.63) is 58.3 Å². The summed E-state index contributed by atoms with van der Waals surface area (Å²) in [6.45, 7) is 2.06. The van der Waals surface area contributed by atoms with Crippen molar-refractivity contribution in [1.29, 1.82) is 0 Å². The lowest BCUT2D eigenvalue weighted by atomic mass is 10.1. The maximum absolute atomic E-state index is 12.2. The number of rotatable bonds is 6. The maximum atomic E-state index is 12.2. The molecule has 2 rings (SSSR count). The van der Waals surface area contributed by atoms with E-state index in [2.05, 4.69) is 12.2 Å². The Hall–Kier alpha value is -1.65. The van der Waals surface area contributed by atoms with Crippen LogP contribution in [0.15, 0.2) is 47.8 Å². The van der Waals surface area contributed by atoms with E-state index >= 15 is 0 Å². The third-order valence-corrected chi connectivity index (χ3v) is 4.23. The van der Waals surface area contributed by atoms with Gasteiger partial charge in [-0.3, -0.25) is 4.79 Å².